The fourth-order valence-corrected chi connectivity index (χ4v) is 1.86. The van der Waals surface area contributed by atoms with E-state index in [1.807, 2.05) is 19.0 Å². The third-order valence-electron chi connectivity index (χ3n) is 2.84. The summed E-state index contributed by atoms with van der Waals surface area (Å²) in [5.74, 6) is 0.991. The van der Waals surface area contributed by atoms with Crippen LogP contribution in [0.25, 0.3) is 16.7 Å². The quantitative estimate of drug-likeness (QED) is 0.704. The van der Waals surface area contributed by atoms with E-state index in [-0.39, 0.29) is 5.82 Å². The second-order valence-electron chi connectivity index (χ2n) is 4.36. The van der Waals surface area contributed by atoms with Crippen molar-refractivity contribution in [1.29, 1.82) is 0 Å². The van der Waals surface area contributed by atoms with Crippen LogP contribution in [-0.4, -0.2) is 33.8 Å². The number of rotatable bonds is 2. The fraction of sp³-hybridized carbons (Fsp3) is 0.154. The Balaban J connectivity index is 2.19. The average molecular weight is 257 g/mol. The van der Waals surface area contributed by atoms with Crippen LogP contribution in [-0.2, 0) is 0 Å². The predicted molar refractivity (Wildman–Crippen MR) is 70.9 cm³/mol. The van der Waals surface area contributed by atoms with Crippen LogP contribution in [0.1, 0.15) is 0 Å². The molecule has 0 atom stereocenters. The molecular weight excluding hydrogens is 245 g/mol. The highest BCUT2D eigenvalue weighted by atomic mass is 19.1. The van der Waals surface area contributed by atoms with E-state index in [1.165, 1.54) is 12.3 Å². The summed E-state index contributed by atoms with van der Waals surface area (Å²) >= 11 is 0. The standard InChI is InChI=1S/C13H12FN5/c1-18(2)12-7-15-8-13(17-12)19-11-5-3-4-10(14)9(11)6-16-19/h3-8H,1-2H3. The number of benzene rings is 1. The number of hydrogen-bond acceptors (Lipinski definition) is 4. The number of halogens is 1. The van der Waals surface area contributed by atoms with Crippen molar-refractivity contribution < 1.29 is 4.39 Å². The number of hydrogen-bond donors (Lipinski definition) is 0. The van der Waals surface area contributed by atoms with Gasteiger partial charge in [-0.3, -0.25) is 4.98 Å². The van der Waals surface area contributed by atoms with E-state index in [2.05, 4.69) is 15.1 Å². The zero-order valence-electron chi connectivity index (χ0n) is 10.6. The van der Waals surface area contributed by atoms with Gasteiger partial charge in [0.05, 0.1) is 29.5 Å². The molecule has 0 saturated carbocycles. The molecule has 0 fully saturated rings. The Morgan fingerprint density at radius 3 is 2.79 bits per heavy atom. The Morgan fingerprint density at radius 2 is 2.00 bits per heavy atom. The lowest BCUT2D eigenvalue weighted by Crippen LogP contribution is -2.12. The highest BCUT2D eigenvalue weighted by molar-refractivity contribution is 5.80. The van der Waals surface area contributed by atoms with Crippen molar-refractivity contribution in [3.63, 3.8) is 0 Å². The maximum Gasteiger partial charge on any atom is 0.174 e. The molecule has 0 unspecified atom stereocenters. The van der Waals surface area contributed by atoms with Gasteiger partial charge in [-0.1, -0.05) is 6.07 Å². The second-order valence-corrected chi connectivity index (χ2v) is 4.36. The maximum atomic E-state index is 13.6. The fourth-order valence-electron chi connectivity index (χ4n) is 1.86. The zero-order valence-corrected chi connectivity index (χ0v) is 10.6. The Bertz CT molecular complexity index is 735. The summed E-state index contributed by atoms with van der Waals surface area (Å²) in [6.07, 6.45) is 4.76. The first-order valence-electron chi connectivity index (χ1n) is 5.79. The Kier molecular flexibility index (Phi) is 2.63. The molecule has 5 nitrogen and oxygen atoms in total. The van der Waals surface area contributed by atoms with Crippen molar-refractivity contribution >= 4 is 16.7 Å². The van der Waals surface area contributed by atoms with Crippen LogP contribution in [0.2, 0.25) is 0 Å². The van der Waals surface area contributed by atoms with E-state index in [4.69, 9.17) is 0 Å². The molecule has 0 bridgehead atoms. The van der Waals surface area contributed by atoms with Crippen LogP contribution < -0.4 is 4.90 Å². The number of aromatic nitrogens is 4. The van der Waals surface area contributed by atoms with Gasteiger partial charge in [0, 0.05) is 14.1 Å². The van der Waals surface area contributed by atoms with Gasteiger partial charge < -0.3 is 4.90 Å². The summed E-state index contributed by atoms with van der Waals surface area (Å²) in [4.78, 5) is 10.4. The molecule has 1 aromatic carbocycles. The molecule has 2 aromatic heterocycles. The maximum absolute atomic E-state index is 13.6. The molecule has 0 aliphatic heterocycles. The van der Waals surface area contributed by atoms with Crippen molar-refractivity contribution in [2.75, 3.05) is 19.0 Å². The highest BCUT2D eigenvalue weighted by Crippen LogP contribution is 2.20. The van der Waals surface area contributed by atoms with Gasteiger partial charge in [-0.25, -0.2) is 14.1 Å². The zero-order chi connectivity index (χ0) is 13.4. The van der Waals surface area contributed by atoms with Crippen molar-refractivity contribution in [2.45, 2.75) is 0 Å². The molecular formula is C13H12FN5. The van der Waals surface area contributed by atoms with Gasteiger partial charge in [-0.05, 0) is 12.1 Å². The number of anilines is 1. The second kappa shape index (κ2) is 4.31. The third kappa shape index (κ3) is 1.91. The van der Waals surface area contributed by atoms with E-state index in [9.17, 15) is 4.39 Å². The normalized spacial score (nSPS) is 10.9. The lowest BCUT2D eigenvalue weighted by molar-refractivity contribution is 0.640. The van der Waals surface area contributed by atoms with Crippen LogP contribution in [0, 0.1) is 5.82 Å². The first-order chi connectivity index (χ1) is 9.16. The Labute approximate surface area is 109 Å². The monoisotopic (exact) mass is 257 g/mol. The van der Waals surface area contributed by atoms with Gasteiger partial charge in [0.15, 0.2) is 5.82 Å². The van der Waals surface area contributed by atoms with Crippen molar-refractivity contribution in [1.82, 2.24) is 19.7 Å². The third-order valence-corrected chi connectivity index (χ3v) is 2.84. The molecule has 2 heterocycles. The summed E-state index contributed by atoms with van der Waals surface area (Å²) in [6.45, 7) is 0. The summed E-state index contributed by atoms with van der Waals surface area (Å²) in [5, 5.41) is 4.65. The summed E-state index contributed by atoms with van der Waals surface area (Å²) in [7, 11) is 3.77. The number of nitrogens with zero attached hydrogens (tertiary/aromatic N) is 5. The van der Waals surface area contributed by atoms with Crippen molar-refractivity contribution in [3.8, 4) is 5.82 Å². The lowest BCUT2D eigenvalue weighted by Gasteiger charge is -2.11. The molecule has 0 radical (unpaired) electrons. The lowest BCUT2D eigenvalue weighted by atomic mass is 10.2. The SMILES string of the molecule is CN(C)c1cncc(-n2ncc3c(F)cccc32)n1. The minimum Gasteiger partial charge on any atom is -0.361 e. The smallest absolute Gasteiger partial charge is 0.174 e. The molecule has 3 aromatic rings. The van der Waals surface area contributed by atoms with Gasteiger partial charge in [0.2, 0.25) is 0 Å². The van der Waals surface area contributed by atoms with E-state index in [1.54, 1.807) is 29.2 Å². The van der Waals surface area contributed by atoms with Gasteiger partial charge in [0.25, 0.3) is 0 Å². The topological polar surface area (TPSA) is 46.8 Å². The van der Waals surface area contributed by atoms with E-state index in [0.717, 1.165) is 5.82 Å². The van der Waals surface area contributed by atoms with E-state index < -0.39 is 0 Å². The Hall–Kier alpha value is -2.50. The number of fused-ring (bicyclic) bond motifs is 1. The predicted octanol–water partition coefficient (Wildman–Crippen LogP) is 2.02. The molecule has 0 N–H and O–H groups in total. The van der Waals surface area contributed by atoms with Crippen LogP contribution >= 0.6 is 0 Å². The van der Waals surface area contributed by atoms with Crippen molar-refractivity contribution in [3.05, 3.63) is 42.6 Å². The van der Waals surface area contributed by atoms with Crippen LogP contribution in [0.3, 0.4) is 0 Å². The molecule has 19 heavy (non-hydrogen) atoms. The molecule has 0 saturated heterocycles. The summed E-state index contributed by atoms with van der Waals surface area (Å²) in [6, 6.07) is 4.87. The summed E-state index contributed by atoms with van der Waals surface area (Å²) in [5.41, 5.74) is 0.671. The molecule has 0 aliphatic rings. The van der Waals surface area contributed by atoms with Gasteiger partial charge >= 0.3 is 0 Å². The minimum absolute atomic E-state index is 0.291. The van der Waals surface area contributed by atoms with Crippen molar-refractivity contribution in [2.24, 2.45) is 0 Å². The Morgan fingerprint density at radius 1 is 1.16 bits per heavy atom. The molecule has 6 heteroatoms. The van der Waals surface area contributed by atoms with E-state index in [0.29, 0.717) is 16.7 Å². The van der Waals surface area contributed by atoms with Gasteiger partial charge in [-0.2, -0.15) is 5.10 Å². The highest BCUT2D eigenvalue weighted by Gasteiger charge is 2.10. The first kappa shape index (κ1) is 11.6. The molecule has 0 amide bonds. The van der Waals surface area contributed by atoms with Gasteiger partial charge in [-0.15, -0.1) is 0 Å². The molecule has 96 valence electrons. The molecule has 0 aliphatic carbocycles. The average Bonchev–Trinajstić information content (AvgIpc) is 2.84. The van der Waals surface area contributed by atoms with E-state index >= 15 is 0 Å². The molecule has 0 spiro atoms. The van der Waals surface area contributed by atoms with Crippen LogP contribution in [0.4, 0.5) is 10.2 Å². The molecule has 3 rings (SSSR count). The summed E-state index contributed by atoms with van der Waals surface area (Å²) < 4.78 is 15.2. The first-order valence-corrected chi connectivity index (χ1v) is 5.79. The van der Waals surface area contributed by atoms with Gasteiger partial charge in [0.1, 0.15) is 11.6 Å². The van der Waals surface area contributed by atoms with Crippen LogP contribution in [0.5, 0.6) is 0 Å². The minimum atomic E-state index is -0.291. The largest absolute Gasteiger partial charge is 0.361 e. The van der Waals surface area contributed by atoms with Crippen LogP contribution in [0.15, 0.2) is 36.8 Å².